The number of halogens is 2. The monoisotopic (exact) mass is 422 g/mol. The zero-order valence-corrected chi connectivity index (χ0v) is 13.4. The van der Waals surface area contributed by atoms with E-state index in [1.165, 1.54) is 11.3 Å². The lowest BCUT2D eigenvalue weighted by atomic mass is 10.1. The van der Waals surface area contributed by atoms with Crippen molar-refractivity contribution >= 4 is 60.9 Å². The molecule has 0 fully saturated rings. The van der Waals surface area contributed by atoms with Gasteiger partial charge < -0.3 is 0 Å². The molecule has 2 aromatic rings. The largest absolute Gasteiger partial charge is 0.298 e. The SMILES string of the molecule is Cc1cccc(C(=O)Nc2ncc(Br)s2)c1I. The molecule has 0 unspecified atom stereocenters. The van der Waals surface area contributed by atoms with Gasteiger partial charge in [-0.3, -0.25) is 10.1 Å². The Morgan fingerprint density at radius 3 is 2.94 bits per heavy atom. The fourth-order valence-corrected chi connectivity index (χ4v) is 3.01. The number of rotatable bonds is 2. The third-order valence-corrected chi connectivity index (χ3v) is 4.96. The lowest BCUT2D eigenvalue weighted by molar-refractivity contribution is 0.102. The molecule has 0 radical (unpaired) electrons. The van der Waals surface area contributed by atoms with Gasteiger partial charge in [-0.25, -0.2) is 4.98 Å². The fourth-order valence-electron chi connectivity index (χ4n) is 1.30. The molecule has 2 rings (SSSR count). The predicted octanol–water partition coefficient (Wildman–Crippen LogP) is 4.07. The van der Waals surface area contributed by atoms with Gasteiger partial charge in [0.2, 0.25) is 0 Å². The highest BCUT2D eigenvalue weighted by Gasteiger charge is 2.12. The molecule has 1 N–H and O–H groups in total. The van der Waals surface area contributed by atoms with Crippen LogP contribution >= 0.6 is 49.9 Å². The second kappa shape index (κ2) is 5.45. The molecule has 0 aliphatic carbocycles. The van der Waals surface area contributed by atoms with Crippen molar-refractivity contribution in [3.63, 3.8) is 0 Å². The van der Waals surface area contributed by atoms with Crippen LogP contribution in [0.25, 0.3) is 0 Å². The standard InChI is InChI=1S/C11H8BrIN2OS/c1-6-3-2-4-7(9(6)13)10(16)15-11-14-5-8(12)17-11/h2-5H,1H3,(H,14,15,16). The summed E-state index contributed by atoms with van der Waals surface area (Å²) in [5.41, 5.74) is 1.77. The van der Waals surface area contributed by atoms with E-state index in [1.807, 2.05) is 25.1 Å². The van der Waals surface area contributed by atoms with Gasteiger partial charge in [0.05, 0.1) is 15.5 Å². The first-order valence-electron chi connectivity index (χ1n) is 4.75. The summed E-state index contributed by atoms with van der Waals surface area (Å²) in [6, 6.07) is 5.68. The van der Waals surface area contributed by atoms with Crippen molar-refractivity contribution in [3.05, 3.63) is 42.9 Å². The number of anilines is 1. The van der Waals surface area contributed by atoms with Gasteiger partial charge in [0.25, 0.3) is 5.91 Å². The number of thiazole rings is 1. The highest BCUT2D eigenvalue weighted by atomic mass is 127. The van der Waals surface area contributed by atoms with Gasteiger partial charge in [0.15, 0.2) is 5.13 Å². The zero-order valence-electron chi connectivity index (χ0n) is 8.83. The van der Waals surface area contributed by atoms with E-state index in [4.69, 9.17) is 0 Å². The first-order valence-corrected chi connectivity index (χ1v) is 7.44. The van der Waals surface area contributed by atoms with E-state index in [9.17, 15) is 4.79 Å². The zero-order chi connectivity index (χ0) is 12.4. The Labute approximate surface area is 125 Å². The molecule has 0 saturated heterocycles. The summed E-state index contributed by atoms with van der Waals surface area (Å²) < 4.78 is 1.87. The van der Waals surface area contributed by atoms with Crippen LogP contribution < -0.4 is 5.32 Å². The van der Waals surface area contributed by atoms with E-state index in [-0.39, 0.29) is 5.91 Å². The van der Waals surface area contributed by atoms with Gasteiger partial charge in [-0.2, -0.15) is 0 Å². The smallest absolute Gasteiger partial charge is 0.258 e. The summed E-state index contributed by atoms with van der Waals surface area (Å²) >= 11 is 6.88. The van der Waals surface area contributed by atoms with Crippen molar-refractivity contribution in [1.82, 2.24) is 4.98 Å². The van der Waals surface area contributed by atoms with Crippen molar-refractivity contribution in [1.29, 1.82) is 0 Å². The highest BCUT2D eigenvalue weighted by Crippen LogP contribution is 2.24. The summed E-state index contributed by atoms with van der Waals surface area (Å²) in [6.45, 7) is 1.98. The average Bonchev–Trinajstić information content (AvgIpc) is 2.68. The Bertz CT molecular complexity index is 570. The summed E-state index contributed by atoms with van der Waals surface area (Å²) in [7, 11) is 0. The number of aryl methyl sites for hydroxylation is 1. The first-order chi connectivity index (χ1) is 8.08. The fraction of sp³-hybridized carbons (Fsp3) is 0.0909. The number of nitrogens with zero attached hydrogens (tertiary/aromatic N) is 1. The van der Waals surface area contributed by atoms with Gasteiger partial charge >= 0.3 is 0 Å². The van der Waals surface area contributed by atoms with E-state index in [0.717, 1.165) is 12.9 Å². The molecule has 17 heavy (non-hydrogen) atoms. The van der Waals surface area contributed by atoms with Crippen molar-refractivity contribution in [2.24, 2.45) is 0 Å². The number of hydrogen-bond donors (Lipinski definition) is 1. The number of amides is 1. The summed E-state index contributed by atoms with van der Waals surface area (Å²) in [5.74, 6) is -0.125. The molecule has 0 spiro atoms. The Morgan fingerprint density at radius 1 is 1.53 bits per heavy atom. The lowest BCUT2D eigenvalue weighted by Gasteiger charge is -2.06. The molecule has 0 atom stereocenters. The highest BCUT2D eigenvalue weighted by molar-refractivity contribution is 14.1. The van der Waals surface area contributed by atoms with Crippen LogP contribution in [0.3, 0.4) is 0 Å². The summed E-state index contributed by atoms with van der Waals surface area (Å²) in [4.78, 5) is 16.1. The minimum absolute atomic E-state index is 0.125. The van der Waals surface area contributed by atoms with Crippen LogP contribution in [-0.2, 0) is 0 Å². The number of carbonyl (C=O) groups excluding carboxylic acids is 1. The minimum atomic E-state index is -0.125. The first kappa shape index (κ1) is 13.0. The number of benzene rings is 1. The Balaban J connectivity index is 2.23. The number of carbonyl (C=O) groups is 1. The molecule has 3 nitrogen and oxygen atoms in total. The number of nitrogens with one attached hydrogen (secondary N) is 1. The summed E-state index contributed by atoms with van der Waals surface area (Å²) in [6.07, 6.45) is 1.67. The van der Waals surface area contributed by atoms with Gasteiger partial charge in [0, 0.05) is 3.57 Å². The van der Waals surface area contributed by atoms with Crippen molar-refractivity contribution < 1.29 is 4.79 Å². The number of hydrogen-bond acceptors (Lipinski definition) is 3. The third-order valence-electron chi connectivity index (χ3n) is 2.13. The Hall–Kier alpha value is -0.470. The molecule has 0 bridgehead atoms. The van der Waals surface area contributed by atoms with Crippen LogP contribution in [-0.4, -0.2) is 10.9 Å². The molecular weight excluding hydrogens is 415 g/mol. The van der Waals surface area contributed by atoms with Crippen molar-refractivity contribution in [3.8, 4) is 0 Å². The van der Waals surface area contributed by atoms with Crippen LogP contribution in [0.5, 0.6) is 0 Å². The molecule has 1 aromatic carbocycles. The van der Waals surface area contributed by atoms with Gasteiger partial charge in [-0.1, -0.05) is 23.5 Å². The van der Waals surface area contributed by atoms with Gasteiger partial charge in [-0.15, -0.1) is 0 Å². The van der Waals surface area contributed by atoms with Gasteiger partial charge in [-0.05, 0) is 57.1 Å². The molecule has 1 heterocycles. The molecule has 0 aliphatic rings. The van der Waals surface area contributed by atoms with Gasteiger partial charge in [0.1, 0.15) is 0 Å². The van der Waals surface area contributed by atoms with Crippen molar-refractivity contribution in [2.45, 2.75) is 6.92 Å². The minimum Gasteiger partial charge on any atom is -0.298 e. The van der Waals surface area contributed by atoms with Crippen LogP contribution in [0.2, 0.25) is 0 Å². The van der Waals surface area contributed by atoms with E-state index in [1.54, 1.807) is 6.20 Å². The second-order valence-electron chi connectivity index (χ2n) is 3.36. The second-order valence-corrected chi connectivity index (χ2v) is 6.85. The van der Waals surface area contributed by atoms with Crippen LogP contribution in [0.4, 0.5) is 5.13 Å². The Kier molecular flexibility index (Phi) is 4.16. The summed E-state index contributed by atoms with van der Waals surface area (Å²) in [5, 5.41) is 3.38. The molecule has 0 aliphatic heterocycles. The Morgan fingerprint density at radius 2 is 2.29 bits per heavy atom. The van der Waals surface area contributed by atoms with E-state index >= 15 is 0 Å². The van der Waals surface area contributed by atoms with Crippen LogP contribution in [0.15, 0.2) is 28.2 Å². The maximum absolute atomic E-state index is 12.0. The molecule has 6 heteroatoms. The quantitative estimate of drug-likeness (QED) is 0.741. The van der Waals surface area contributed by atoms with E-state index < -0.39 is 0 Å². The average molecular weight is 423 g/mol. The third kappa shape index (κ3) is 3.05. The van der Waals surface area contributed by atoms with Crippen LogP contribution in [0, 0.1) is 10.5 Å². The van der Waals surface area contributed by atoms with E-state index in [2.05, 4.69) is 48.8 Å². The normalized spacial score (nSPS) is 10.3. The van der Waals surface area contributed by atoms with E-state index in [0.29, 0.717) is 10.7 Å². The predicted molar refractivity (Wildman–Crippen MR) is 81.7 cm³/mol. The van der Waals surface area contributed by atoms with Crippen LogP contribution in [0.1, 0.15) is 15.9 Å². The number of aromatic nitrogens is 1. The molecule has 1 aromatic heterocycles. The molecule has 1 amide bonds. The molecular formula is C11H8BrIN2OS. The molecule has 0 saturated carbocycles. The lowest BCUT2D eigenvalue weighted by Crippen LogP contribution is -2.13. The molecule has 88 valence electrons. The topological polar surface area (TPSA) is 42.0 Å². The van der Waals surface area contributed by atoms with Crippen molar-refractivity contribution in [2.75, 3.05) is 5.32 Å². The maximum Gasteiger partial charge on any atom is 0.258 e. The maximum atomic E-state index is 12.0.